The maximum absolute atomic E-state index is 10.5. The summed E-state index contributed by atoms with van der Waals surface area (Å²) in [6, 6.07) is 5.50. The van der Waals surface area contributed by atoms with Crippen LogP contribution in [0.1, 0.15) is 18.4 Å². The lowest BCUT2D eigenvalue weighted by Gasteiger charge is -2.15. The maximum atomic E-state index is 10.5. The average Bonchev–Trinajstić information content (AvgIpc) is 2.75. The Morgan fingerprint density at radius 1 is 1.58 bits per heavy atom. The first-order valence-corrected chi connectivity index (χ1v) is 6.78. The second-order valence-corrected chi connectivity index (χ2v) is 5.36. The van der Waals surface area contributed by atoms with Crippen molar-refractivity contribution in [3.8, 4) is 5.75 Å². The minimum atomic E-state index is -0.801. The number of carboxylic acids is 1. The predicted octanol–water partition coefficient (Wildman–Crippen LogP) is 2.44. The molecule has 1 atom stereocenters. The van der Waals surface area contributed by atoms with Gasteiger partial charge in [0.1, 0.15) is 11.9 Å². The molecule has 4 nitrogen and oxygen atoms in total. The molecule has 1 unspecified atom stereocenters. The largest absolute Gasteiger partial charge is 0.487 e. The highest BCUT2D eigenvalue weighted by atomic mass is 35.5. The Bertz CT molecular complexity index is 464. The van der Waals surface area contributed by atoms with E-state index in [2.05, 4.69) is 11.9 Å². The lowest BCUT2D eigenvalue weighted by Crippen LogP contribution is -2.21. The molecule has 1 fully saturated rings. The Labute approximate surface area is 117 Å². The third-order valence-corrected chi connectivity index (χ3v) is 3.56. The summed E-state index contributed by atoms with van der Waals surface area (Å²) in [4.78, 5) is 12.7. The number of likely N-dealkylation sites (N-methyl/N-ethyl adjacent to an activating group) is 1. The zero-order valence-electron chi connectivity index (χ0n) is 10.9. The molecule has 1 saturated heterocycles. The van der Waals surface area contributed by atoms with Gasteiger partial charge >= 0.3 is 5.97 Å². The number of carboxylic acid groups (broad SMARTS) is 1. The number of nitrogens with zero attached hydrogens (tertiary/aromatic N) is 1. The van der Waals surface area contributed by atoms with Crippen molar-refractivity contribution >= 4 is 17.6 Å². The maximum Gasteiger partial charge on any atom is 0.303 e. The van der Waals surface area contributed by atoms with Crippen molar-refractivity contribution in [1.82, 2.24) is 4.90 Å². The topological polar surface area (TPSA) is 49.8 Å². The molecular formula is C14H18ClNO3. The Morgan fingerprint density at radius 3 is 2.95 bits per heavy atom. The van der Waals surface area contributed by atoms with Crippen LogP contribution in [-0.4, -0.2) is 42.2 Å². The van der Waals surface area contributed by atoms with Gasteiger partial charge in [-0.3, -0.25) is 4.79 Å². The van der Waals surface area contributed by atoms with Gasteiger partial charge in [-0.25, -0.2) is 0 Å². The van der Waals surface area contributed by atoms with Gasteiger partial charge in [0.25, 0.3) is 0 Å². The second kappa shape index (κ2) is 6.26. The van der Waals surface area contributed by atoms with Crippen LogP contribution in [0.25, 0.3) is 0 Å². The first kappa shape index (κ1) is 14.2. The van der Waals surface area contributed by atoms with Crippen molar-refractivity contribution in [2.45, 2.75) is 25.4 Å². The van der Waals surface area contributed by atoms with Crippen LogP contribution < -0.4 is 4.74 Å². The van der Waals surface area contributed by atoms with Gasteiger partial charge < -0.3 is 14.7 Å². The summed E-state index contributed by atoms with van der Waals surface area (Å²) in [6.45, 7) is 1.95. The molecule has 1 aliphatic rings. The van der Waals surface area contributed by atoms with Crippen LogP contribution in [0.3, 0.4) is 0 Å². The van der Waals surface area contributed by atoms with E-state index in [-0.39, 0.29) is 12.5 Å². The van der Waals surface area contributed by atoms with Gasteiger partial charge in [0.05, 0.1) is 5.02 Å². The van der Waals surface area contributed by atoms with Crippen LogP contribution in [0.2, 0.25) is 5.02 Å². The van der Waals surface area contributed by atoms with Crippen LogP contribution in [0.4, 0.5) is 0 Å². The van der Waals surface area contributed by atoms with Gasteiger partial charge in [0.15, 0.2) is 0 Å². The van der Waals surface area contributed by atoms with E-state index in [1.165, 1.54) is 0 Å². The van der Waals surface area contributed by atoms with E-state index in [9.17, 15) is 4.79 Å². The van der Waals surface area contributed by atoms with Gasteiger partial charge in [-0.2, -0.15) is 0 Å². The molecule has 0 bridgehead atoms. The monoisotopic (exact) mass is 283 g/mol. The van der Waals surface area contributed by atoms with Gasteiger partial charge in [0, 0.05) is 19.5 Å². The molecule has 2 rings (SSSR count). The average molecular weight is 284 g/mol. The zero-order valence-corrected chi connectivity index (χ0v) is 11.7. The molecule has 104 valence electrons. The zero-order chi connectivity index (χ0) is 13.8. The molecular weight excluding hydrogens is 266 g/mol. The molecule has 0 saturated carbocycles. The van der Waals surface area contributed by atoms with E-state index in [4.69, 9.17) is 21.4 Å². The highest BCUT2D eigenvalue weighted by molar-refractivity contribution is 6.32. The first-order valence-electron chi connectivity index (χ1n) is 6.40. The van der Waals surface area contributed by atoms with Crippen molar-refractivity contribution < 1.29 is 14.6 Å². The molecule has 19 heavy (non-hydrogen) atoms. The lowest BCUT2D eigenvalue weighted by atomic mass is 10.1. The first-order chi connectivity index (χ1) is 9.04. The Kier molecular flexibility index (Phi) is 4.66. The minimum Gasteiger partial charge on any atom is -0.487 e. The molecule has 0 spiro atoms. The number of rotatable bonds is 5. The van der Waals surface area contributed by atoms with Crippen LogP contribution in [0.5, 0.6) is 5.75 Å². The van der Waals surface area contributed by atoms with Gasteiger partial charge in [-0.05, 0) is 37.6 Å². The van der Waals surface area contributed by atoms with Gasteiger partial charge in [-0.1, -0.05) is 17.7 Å². The molecule has 1 heterocycles. The number of carbonyl (C=O) groups is 1. The number of aryl methyl sites for hydroxylation is 1. The number of halogens is 1. The van der Waals surface area contributed by atoms with Gasteiger partial charge in [0.2, 0.25) is 0 Å². The molecule has 0 amide bonds. The van der Waals surface area contributed by atoms with E-state index in [1.54, 1.807) is 6.07 Å². The van der Waals surface area contributed by atoms with Crippen LogP contribution in [0.15, 0.2) is 18.2 Å². The molecule has 5 heteroatoms. The van der Waals surface area contributed by atoms with Crippen molar-refractivity contribution in [2.75, 3.05) is 20.1 Å². The molecule has 0 aliphatic carbocycles. The number of aliphatic carboxylic acids is 1. The molecule has 0 radical (unpaired) electrons. The Morgan fingerprint density at radius 2 is 2.37 bits per heavy atom. The number of likely N-dealkylation sites (tertiary alicyclic amines) is 1. The minimum absolute atomic E-state index is 0.115. The summed E-state index contributed by atoms with van der Waals surface area (Å²) in [5, 5.41) is 9.20. The SMILES string of the molecule is CN1CCC(Oc2ccc(CCC(=O)O)cc2Cl)C1. The van der Waals surface area contributed by atoms with E-state index in [1.807, 2.05) is 12.1 Å². The van der Waals surface area contributed by atoms with Crippen LogP contribution in [-0.2, 0) is 11.2 Å². The van der Waals surface area contributed by atoms with Crippen molar-refractivity contribution in [2.24, 2.45) is 0 Å². The highest BCUT2D eigenvalue weighted by Gasteiger charge is 2.21. The fourth-order valence-electron chi connectivity index (χ4n) is 2.22. The van der Waals surface area contributed by atoms with Crippen LogP contribution in [0, 0.1) is 0 Å². The summed E-state index contributed by atoms with van der Waals surface area (Å²) in [6.07, 6.45) is 1.80. The highest BCUT2D eigenvalue weighted by Crippen LogP contribution is 2.28. The lowest BCUT2D eigenvalue weighted by molar-refractivity contribution is -0.136. The molecule has 1 N–H and O–H groups in total. The number of hydrogen-bond acceptors (Lipinski definition) is 3. The quantitative estimate of drug-likeness (QED) is 0.902. The van der Waals surface area contributed by atoms with E-state index in [0.29, 0.717) is 17.2 Å². The van der Waals surface area contributed by atoms with E-state index in [0.717, 1.165) is 25.1 Å². The summed E-state index contributed by atoms with van der Waals surface area (Å²) in [7, 11) is 2.07. The Balaban J connectivity index is 1.96. The van der Waals surface area contributed by atoms with Crippen LogP contribution >= 0.6 is 11.6 Å². The fourth-order valence-corrected chi connectivity index (χ4v) is 2.46. The third kappa shape index (κ3) is 4.11. The smallest absolute Gasteiger partial charge is 0.303 e. The van der Waals surface area contributed by atoms with E-state index < -0.39 is 5.97 Å². The summed E-state index contributed by atoms with van der Waals surface area (Å²) in [5.74, 6) is -0.119. The number of benzene rings is 1. The van der Waals surface area contributed by atoms with Crippen molar-refractivity contribution in [3.05, 3.63) is 28.8 Å². The van der Waals surface area contributed by atoms with E-state index >= 15 is 0 Å². The van der Waals surface area contributed by atoms with Crippen molar-refractivity contribution in [1.29, 1.82) is 0 Å². The predicted molar refractivity (Wildman–Crippen MR) is 73.9 cm³/mol. The summed E-state index contributed by atoms with van der Waals surface area (Å²) < 4.78 is 5.87. The standard InChI is InChI=1S/C14H18ClNO3/c1-16-7-6-11(9-16)19-13-4-2-10(8-12(13)15)3-5-14(17)18/h2,4,8,11H,3,5-7,9H2,1H3,(H,17,18). The number of ether oxygens (including phenoxy) is 1. The molecule has 1 aliphatic heterocycles. The fraction of sp³-hybridized carbons (Fsp3) is 0.500. The Hall–Kier alpha value is -1.26. The third-order valence-electron chi connectivity index (χ3n) is 3.27. The summed E-state index contributed by atoms with van der Waals surface area (Å²) in [5.41, 5.74) is 0.920. The molecule has 1 aromatic rings. The van der Waals surface area contributed by atoms with Crippen molar-refractivity contribution in [3.63, 3.8) is 0 Å². The summed E-state index contributed by atoms with van der Waals surface area (Å²) >= 11 is 6.17. The molecule has 1 aromatic carbocycles. The second-order valence-electron chi connectivity index (χ2n) is 4.95. The number of hydrogen-bond donors (Lipinski definition) is 1. The molecule has 0 aromatic heterocycles. The normalized spacial score (nSPS) is 19.6. The van der Waals surface area contributed by atoms with Gasteiger partial charge in [-0.15, -0.1) is 0 Å².